The van der Waals surface area contributed by atoms with Crippen molar-refractivity contribution in [1.82, 2.24) is 4.90 Å². The van der Waals surface area contributed by atoms with Gasteiger partial charge in [0.05, 0.1) is 0 Å². The van der Waals surface area contributed by atoms with Crippen LogP contribution >= 0.6 is 0 Å². The number of nitrogens with zero attached hydrogens (tertiary/aromatic N) is 4. The van der Waals surface area contributed by atoms with Crippen molar-refractivity contribution in [1.29, 1.82) is 0 Å². The van der Waals surface area contributed by atoms with Crippen molar-refractivity contribution in [3.8, 4) is 0 Å². The average Bonchev–Trinajstić information content (AvgIpc) is 3.22. The number of fused-ring (bicyclic) bond motifs is 1. The molecule has 0 saturated carbocycles. The topological polar surface area (TPSA) is 66.3 Å². The maximum atomic E-state index is 14.7. The van der Waals surface area contributed by atoms with E-state index >= 15 is 0 Å². The molecule has 150 valence electrons. The SMILES string of the molecule is C=N/C=C(\CN(/C=N\N=C)Cc1c(F)ccc2c1CCC2)c1ccc(CN)cc1. The van der Waals surface area contributed by atoms with Gasteiger partial charge in [-0.05, 0) is 59.9 Å². The summed E-state index contributed by atoms with van der Waals surface area (Å²) >= 11 is 0. The van der Waals surface area contributed by atoms with Crippen molar-refractivity contribution in [2.24, 2.45) is 20.9 Å². The summed E-state index contributed by atoms with van der Waals surface area (Å²) in [6.07, 6.45) is 6.28. The smallest absolute Gasteiger partial charge is 0.128 e. The quantitative estimate of drug-likeness (QED) is 0.399. The summed E-state index contributed by atoms with van der Waals surface area (Å²) in [5.74, 6) is -0.185. The van der Waals surface area contributed by atoms with Gasteiger partial charge < -0.3 is 10.6 Å². The van der Waals surface area contributed by atoms with Crippen molar-refractivity contribution in [2.75, 3.05) is 6.54 Å². The fourth-order valence-corrected chi connectivity index (χ4v) is 3.73. The van der Waals surface area contributed by atoms with E-state index in [-0.39, 0.29) is 5.82 Å². The number of halogens is 1. The van der Waals surface area contributed by atoms with Crippen molar-refractivity contribution in [2.45, 2.75) is 32.4 Å². The van der Waals surface area contributed by atoms with E-state index in [1.165, 1.54) is 5.56 Å². The normalized spacial score (nSPS) is 13.5. The van der Waals surface area contributed by atoms with Gasteiger partial charge in [-0.1, -0.05) is 30.3 Å². The molecule has 0 atom stereocenters. The predicted molar refractivity (Wildman–Crippen MR) is 119 cm³/mol. The summed E-state index contributed by atoms with van der Waals surface area (Å²) in [7, 11) is 0. The molecule has 0 unspecified atom stereocenters. The Kier molecular flexibility index (Phi) is 7.03. The second-order valence-corrected chi connectivity index (χ2v) is 7.03. The molecule has 0 fully saturated rings. The molecular formula is C23H26FN5. The van der Waals surface area contributed by atoms with Crippen molar-refractivity contribution in [3.05, 3.63) is 76.2 Å². The summed E-state index contributed by atoms with van der Waals surface area (Å²) in [6, 6.07) is 11.4. The minimum absolute atomic E-state index is 0.185. The van der Waals surface area contributed by atoms with Crippen LogP contribution in [0.1, 0.15) is 34.2 Å². The first-order valence-corrected chi connectivity index (χ1v) is 9.63. The first kappa shape index (κ1) is 20.6. The molecule has 6 heteroatoms. The van der Waals surface area contributed by atoms with Gasteiger partial charge in [0.2, 0.25) is 0 Å². The van der Waals surface area contributed by atoms with Crippen LogP contribution in [0.15, 0.2) is 57.8 Å². The molecule has 2 aromatic carbocycles. The fraction of sp³-hybridized carbons (Fsp3) is 0.261. The minimum atomic E-state index is -0.185. The van der Waals surface area contributed by atoms with Gasteiger partial charge in [-0.25, -0.2) is 4.39 Å². The van der Waals surface area contributed by atoms with E-state index in [9.17, 15) is 4.39 Å². The molecule has 0 bridgehead atoms. The number of hydrogen-bond acceptors (Lipinski definition) is 4. The lowest BCUT2D eigenvalue weighted by molar-refractivity contribution is 0.456. The maximum absolute atomic E-state index is 14.7. The summed E-state index contributed by atoms with van der Waals surface area (Å²) in [4.78, 5) is 5.87. The Bertz CT molecular complexity index is 931. The molecule has 0 saturated heterocycles. The molecule has 3 rings (SSSR count). The number of rotatable bonds is 9. The molecule has 29 heavy (non-hydrogen) atoms. The Hall–Kier alpha value is -3.12. The Morgan fingerprint density at radius 3 is 2.62 bits per heavy atom. The number of benzene rings is 2. The third-order valence-electron chi connectivity index (χ3n) is 5.18. The van der Waals surface area contributed by atoms with Crippen LogP contribution in [0, 0.1) is 5.82 Å². The fourth-order valence-electron chi connectivity index (χ4n) is 3.73. The molecule has 0 radical (unpaired) electrons. The van der Waals surface area contributed by atoms with Gasteiger partial charge in [-0.3, -0.25) is 4.99 Å². The highest BCUT2D eigenvalue weighted by Crippen LogP contribution is 2.28. The molecule has 2 aromatic rings. The van der Waals surface area contributed by atoms with Gasteiger partial charge in [-0.15, -0.1) is 5.10 Å². The third-order valence-corrected chi connectivity index (χ3v) is 5.18. The average molecular weight is 391 g/mol. The first-order chi connectivity index (χ1) is 14.2. The number of nitrogens with two attached hydrogens (primary N) is 1. The molecule has 1 aliphatic rings. The molecule has 1 aliphatic carbocycles. The van der Waals surface area contributed by atoms with Crippen LogP contribution in [0.3, 0.4) is 0 Å². The lowest BCUT2D eigenvalue weighted by Crippen LogP contribution is -2.25. The Morgan fingerprint density at radius 2 is 1.93 bits per heavy atom. The van der Waals surface area contributed by atoms with Crippen molar-refractivity contribution < 1.29 is 4.39 Å². The van der Waals surface area contributed by atoms with Crippen LogP contribution in [0.25, 0.3) is 5.57 Å². The number of aryl methyl sites for hydroxylation is 1. The summed E-state index contributed by atoms with van der Waals surface area (Å²) in [5.41, 5.74) is 11.8. The van der Waals surface area contributed by atoms with E-state index in [0.29, 0.717) is 19.6 Å². The minimum Gasteiger partial charge on any atom is -0.352 e. The van der Waals surface area contributed by atoms with Gasteiger partial charge in [0.25, 0.3) is 0 Å². The van der Waals surface area contributed by atoms with Crippen LogP contribution in [0.5, 0.6) is 0 Å². The van der Waals surface area contributed by atoms with E-state index < -0.39 is 0 Å². The monoisotopic (exact) mass is 391 g/mol. The lowest BCUT2D eigenvalue weighted by atomic mass is 10.0. The molecule has 0 aliphatic heterocycles. The lowest BCUT2D eigenvalue weighted by Gasteiger charge is -2.23. The molecule has 5 nitrogen and oxygen atoms in total. The van der Waals surface area contributed by atoms with E-state index in [1.54, 1.807) is 18.6 Å². The van der Waals surface area contributed by atoms with Crippen molar-refractivity contribution in [3.63, 3.8) is 0 Å². The summed E-state index contributed by atoms with van der Waals surface area (Å²) in [6.45, 7) is 8.35. The highest BCUT2D eigenvalue weighted by Gasteiger charge is 2.20. The zero-order valence-corrected chi connectivity index (χ0v) is 16.5. The Labute approximate surface area is 171 Å². The van der Waals surface area contributed by atoms with E-state index in [4.69, 9.17) is 5.73 Å². The van der Waals surface area contributed by atoms with Crippen LogP contribution in [0.2, 0.25) is 0 Å². The predicted octanol–water partition coefficient (Wildman–Crippen LogP) is 3.96. The zero-order valence-electron chi connectivity index (χ0n) is 16.5. The van der Waals surface area contributed by atoms with Crippen LogP contribution < -0.4 is 5.73 Å². The van der Waals surface area contributed by atoms with Gasteiger partial charge in [0, 0.05) is 38.1 Å². The van der Waals surface area contributed by atoms with Gasteiger partial charge in [0.15, 0.2) is 0 Å². The van der Waals surface area contributed by atoms with E-state index in [2.05, 4.69) is 28.6 Å². The van der Waals surface area contributed by atoms with Crippen LogP contribution in [-0.2, 0) is 25.9 Å². The highest BCUT2D eigenvalue weighted by atomic mass is 19.1. The molecule has 0 spiro atoms. The summed E-state index contributed by atoms with van der Waals surface area (Å²) in [5, 5.41) is 7.50. The molecule has 2 N–H and O–H groups in total. The molecule has 0 heterocycles. The highest BCUT2D eigenvalue weighted by molar-refractivity contribution is 5.70. The van der Waals surface area contributed by atoms with Crippen molar-refractivity contribution >= 4 is 25.3 Å². The van der Waals surface area contributed by atoms with E-state index in [0.717, 1.165) is 47.1 Å². The third kappa shape index (κ3) is 5.03. The van der Waals surface area contributed by atoms with E-state index in [1.807, 2.05) is 35.2 Å². The molecule has 0 amide bonds. The Morgan fingerprint density at radius 1 is 1.14 bits per heavy atom. The largest absolute Gasteiger partial charge is 0.352 e. The molecular weight excluding hydrogens is 365 g/mol. The first-order valence-electron chi connectivity index (χ1n) is 9.63. The van der Waals surface area contributed by atoms with Crippen LogP contribution in [-0.4, -0.2) is 31.2 Å². The second-order valence-electron chi connectivity index (χ2n) is 7.03. The van der Waals surface area contributed by atoms with Gasteiger partial charge >= 0.3 is 0 Å². The standard InChI is InChI=1S/C23H26FN5/c1-26-13-20(18-8-6-17(12-25)7-9-18)14-29(16-28-27-2)15-22-21-5-3-4-19(21)10-11-23(22)24/h6-11,13,16H,1-5,12,14-15,25H2/b20-13+,28-16-. The van der Waals surface area contributed by atoms with Gasteiger partial charge in [-0.2, -0.15) is 5.10 Å². The number of aliphatic imine (C=N–C) groups is 1. The van der Waals surface area contributed by atoms with Gasteiger partial charge in [0.1, 0.15) is 12.2 Å². The maximum Gasteiger partial charge on any atom is 0.128 e. The second kappa shape index (κ2) is 9.89. The molecule has 0 aromatic heterocycles. The zero-order chi connectivity index (χ0) is 20.6. The van der Waals surface area contributed by atoms with Crippen LogP contribution in [0.4, 0.5) is 4.39 Å². The summed E-state index contributed by atoms with van der Waals surface area (Å²) < 4.78 is 14.7. The Balaban J connectivity index is 1.89. The number of hydrogen-bond donors (Lipinski definition) is 1.